The van der Waals surface area contributed by atoms with Crippen LogP contribution in [0.5, 0.6) is 5.75 Å². The SMILES string of the molecule is COC(=O)C(N)Cc1cccc(OC)c1F.Cl. The van der Waals surface area contributed by atoms with Crippen molar-refractivity contribution >= 4 is 18.4 Å². The number of benzene rings is 1. The fourth-order valence-corrected chi connectivity index (χ4v) is 1.34. The molecule has 0 aliphatic carbocycles. The molecule has 2 N–H and O–H groups in total. The summed E-state index contributed by atoms with van der Waals surface area (Å²) in [6.07, 6.45) is 0.0791. The van der Waals surface area contributed by atoms with Crippen LogP contribution in [0.3, 0.4) is 0 Å². The van der Waals surface area contributed by atoms with Crippen molar-refractivity contribution in [2.45, 2.75) is 12.5 Å². The van der Waals surface area contributed by atoms with E-state index in [1.165, 1.54) is 20.3 Å². The van der Waals surface area contributed by atoms with Crippen molar-refractivity contribution in [1.29, 1.82) is 0 Å². The maximum Gasteiger partial charge on any atom is 0.322 e. The van der Waals surface area contributed by atoms with Gasteiger partial charge in [-0.1, -0.05) is 12.1 Å². The number of carbonyl (C=O) groups excluding carboxylic acids is 1. The first-order chi connectivity index (χ1) is 7.60. The molecule has 0 aromatic heterocycles. The molecule has 0 amide bonds. The Morgan fingerprint density at radius 3 is 2.65 bits per heavy atom. The highest BCUT2D eigenvalue weighted by molar-refractivity contribution is 5.85. The molecule has 0 saturated carbocycles. The van der Waals surface area contributed by atoms with E-state index in [1.54, 1.807) is 12.1 Å². The normalized spacial score (nSPS) is 11.3. The summed E-state index contributed by atoms with van der Waals surface area (Å²) in [7, 11) is 2.62. The molecular formula is C11H15ClFNO3. The molecule has 0 radical (unpaired) electrons. The molecule has 0 heterocycles. The van der Waals surface area contributed by atoms with Crippen molar-refractivity contribution < 1.29 is 18.7 Å². The van der Waals surface area contributed by atoms with Crippen LogP contribution in [-0.2, 0) is 16.0 Å². The Morgan fingerprint density at radius 1 is 1.47 bits per heavy atom. The summed E-state index contributed by atoms with van der Waals surface area (Å²) in [4.78, 5) is 11.1. The molecule has 0 aliphatic rings. The predicted molar refractivity (Wildman–Crippen MR) is 63.9 cm³/mol. The summed E-state index contributed by atoms with van der Waals surface area (Å²) in [5, 5.41) is 0. The minimum Gasteiger partial charge on any atom is -0.494 e. The third kappa shape index (κ3) is 3.87. The fourth-order valence-electron chi connectivity index (χ4n) is 1.34. The summed E-state index contributed by atoms with van der Waals surface area (Å²) in [6.45, 7) is 0. The van der Waals surface area contributed by atoms with Gasteiger partial charge in [-0.05, 0) is 11.6 Å². The van der Waals surface area contributed by atoms with Crippen LogP contribution >= 0.6 is 12.4 Å². The first-order valence-electron chi connectivity index (χ1n) is 4.75. The second kappa shape index (κ2) is 7.09. The lowest BCUT2D eigenvalue weighted by Gasteiger charge is -2.11. The smallest absolute Gasteiger partial charge is 0.322 e. The van der Waals surface area contributed by atoms with Gasteiger partial charge in [-0.3, -0.25) is 4.79 Å². The van der Waals surface area contributed by atoms with Crippen molar-refractivity contribution in [1.82, 2.24) is 0 Å². The predicted octanol–water partition coefficient (Wildman–Crippen LogP) is 1.30. The summed E-state index contributed by atoms with van der Waals surface area (Å²) < 4.78 is 23.0. The molecule has 1 aromatic rings. The summed E-state index contributed by atoms with van der Waals surface area (Å²) in [5.41, 5.74) is 5.87. The maximum absolute atomic E-state index is 13.7. The lowest BCUT2D eigenvalue weighted by molar-refractivity contribution is -0.142. The zero-order chi connectivity index (χ0) is 12.1. The van der Waals surface area contributed by atoms with Crippen molar-refractivity contribution in [2.75, 3.05) is 14.2 Å². The van der Waals surface area contributed by atoms with Crippen molar-refractivity contribution in [3.05, 3.63) is 29.6 Å². The number of methoxy groups -OCH3 is 2. The van der Waals surface area contributed by atoms with E-state index >= 15 is 0 Å². The summed E-state index contributed by atoms with van der Waals surface area (Å²) in [6, 6.07) is 3.83. The first-order valence-corrected chi connectivity index (χ1v) is 4.75. The van der Waals surface area contributed by atoms with Gasteiger partial charge < -0.3 is 15.2 Å². The Bertz CT molecular complexity index is 387. The molecule has 0 saturated heterocycles. The molecule has 1 atom stereocenters. The third-order valence-corrected chi connectivity index (χ3v) is 2.21. The van der Waals surface area contributed by atoms with Crippen molar-refractivity contribution in [2.24, 2.45) is 5.73 Å². The Kier molecular flexibility index (Phi) is 6.53. The quantitative estimate of drug-likeness (QED) is 0.832. The second-order valence-corrected chi connectivity index (χ2v) is 3.27. The van der Waals surface area contributed by atoms with Gasteiger partial charge in [0.05, 0.1) is 14.2 Å². The molecule has 1 rings (SSSR count). The first kappa shape index (κ1) is 15.7. The van der Waals surface area contributed by atoms with E-state index in [0.717, 1.165) is 0 Å². The van der Waals surface area contributed by atoms with Crippen LogP contribution in [0.15, 0.2) is 18.2 Å². The number of nitrogens with two attached hydrogens (primary N) is 1. The molecule has 0 aliphatic heterocycles. The number of esters is 1. The van der Waals surface area contributed by atoms with Crippen molar-refractivity contribution in [3.8, 4) is 5.75 Å². The second-order valence-electron chi connectivity index (χ2n) is 3.27. The molecule has 6 heteroatoms. The van der Waals surface area contributed by atoms with Gasteiger partial charge in [-0.25, -0.2) is 4.39 Å². The lowest BCUT2D eigenvalue weighted by Crippen LogP contribution is -2.33. The molecule has 96 valence electrons. The number of carbonyl (C=O) groups is 1. The lowest BCUT2D eigenvalue weighted by atomic mass is 10.1. The number of rotatable bonds is 4. The molecular weight excluding hydrogens is 249 g/mol. The highest BCUT2D eigenvalue weighted by Gasteiger charge is 2.17. The van der Waals surface area contributed by atoms with E-state index in [9.17, 15) is 9.18 Å². The minimum absolute atomic E-state index is 0. The van der Waals surface area contributed by atoms with E-state index < -0.39 is 17.8 Å². The van der Waals surface area contributed by atoms with E-state index in [2.05, 4.69) is 4.74 Å². The number of halogens is 2. The number of ether oxygens (including phenoxy) is 2. The van der Waals surface area contributed by atoms with E-state index in [4.69, 9.17) is 10.5 Å². The Labute approximate surface area is 105 Å². The van der Waals surface area contributed by atoms with Gasteiger partial charge >= 0.3 is 5.97 Å². The number of hydrogen-bond donors (Lipinski definition) is 1. The van der Waals surface area contributed by atoms with Gasteiger partial charge in [0.25, 0.3) is 0 Å². The summed E-state index contributed by atoms with van der Waals surface area (Å²) in [5.74, 6) is -0.930. The van der Waals surface area contributed by atoms with Crippen LogP contribution < -0.4 is 10.5 Å². The van der Waals surface area contributed by atoms with E-state index in [1.807, 2.05) is 0 Å². The Hall–Kier alpha value is -1.33. The van der Waals surface area contributed by atoms with Crippen LogP contribution in [0.2, 0.25) is 0 Å². The summed E-state index contributed by atoms with van der Waals surface area (Å²) >= 11 is 0. The van der Waals surface area contributed by atoms with Gasteiger partial charge in [0.1, 0.15) is 6.04 Å². The Morgan fingerprint density at radius 2 is 2.12 bits per heavy atom. The zero-order valence-electron chi connectivity index (χ0n) is 9.60. The van der Waals surface area contributed by atoms with Crippen LogP contribution in [-0.4, -0.2) is 26.2 Å². The van der Waals surface area contributed by atoms with Gasteiger partial charge in [0, 0.05) is 6.42 Å². The highest BCUT2D eigenvalue weighted by atomic mass is 35.5. The van der Waals surface area contributed by atoms with Crippen LogP contribution in [0.1, 0.15) is 5.56 Å². The van der Waals surface area contributed by atoms with Crippen LogP contribution in [0, 0.1) is 5.82 Å². The van der Waals surface area contributed by atoms with E-state index in [0.29, 0.717) is 5.56 Å². The third-order valence-electron chi connectivity index (χ3n) is 2.21. The molecule has 0 spiro atoms. The zero-order valence-corrected chi connectivity index (χ0v) is 10.4. The highest BCUT2D eigenvalue weighted by Crippen LogP contribution is 2.20. The molecule has 17 heavy (non-hydrogen) atoms. The molecule has 0 fully saturated rings. The number of hydrogen-bond acceptors (Lipinski definition) is 4. The average molecular weight is 264 g/mol. The average Bonchev–Trinajstić information content (AvgIpc) is 2.30. The van der Waals surface area contributed by atoms with Gasteiger partial charge in [-0.2, -0.15) is 0 Å². The molecule has 0 bridgehead atoms. The van der Waals surface area contributed by atoms with Crippen molar-refractivity contribution in [3.63, 3.8) is 0 Å². The van der Waals surface area contributed by atoms with E-state index in [-0.39, 0.29) is 24.6 Å². The van der Waals surface area contributed by atoms with Gasteiger partial charge in [0.2, 0.25) is 0 Å². The largest absolute Gasteiger partial charge is 0.494 e. The molecule has 4 nitrogen and oxygen atoms in total. The standard InChI is InChI=1S/C11H14FNO3.ClH/c1-15-9-5-3-4-7(10(9)12)6-8(13)11(14)16-2;/h3-5,8H,6,13H2,1-2H3;1H. The van der Waals surface area contributed by atoms with Gasteiger partial charge in [-0.15, -0.1) is 12.4 Å². The monoisotopic (exact) mass is 263 g/mol. The van der Waals surface area contributed by atoms with Crippen LogP contribution in [0.25, 0.3) is 0 Å². The molecule has 1 aromatic carbocycles. The minimum atomic E-state index is -0.869. The molecule has 1 unspecified atom stereocenters. The maximum atomic E-state index is 13.7. The van der Waals surface area contributed by atoms with Gasteiger partial charge in [0.15, 0.2) is 11.6 Å². The topological polar surface area (TPSA) is 61.5 Å². The Balaban J connectivity index is 0.00000256. The van der Waals surface area contributed by atoms with Crippen LogP contribution in [0.4, 0.5) is 4.39 Å². The fraction of sp³-hybridized carbons (Fsp3) is 0.364.